The molecule has 0 saturated heterocycles. The number of nitrogens with zero attached hydrogens (tertiary/aromatic N) is 4. The van der Waals surface area contributed by atoms with Crippen LogP contribution >= 0.6 is 48.0 Å². The van der Waals surface area contributed by atoms with Gasteiger partial charge >= 0.3 is 0 Å². The maximum Gasteiger partial charge on any atom is 0.283 e. The summed E-state index contributed by atoms with van der Waals surface area (Å²) in [4.78, 5) is 42.3. The van der Waals surface area contributed by atoms with Gasteiger partial charge in [-0.05, 0) is 60.1 Å². The quantitative estimate of drug-likeness (QED) is 0.118. The molecule has 2 amide bonds. The molecule has 0 aliphatic carbocycles. The Kier molecular flexibility index (Phi) is 9.51. The van der Waals surface area contributed by atoms with Crippen molar-refractivity contribution < 1.29 is 9.59 Å². The summed E-state index contributed by atoms with van der Waals surface area (Å²) in [5.41, 5.74) is 3.42. The van der Waals surface area contributed by atoms with Gasteiger partial charge in [0.1, 0.15) is 23.1 Å². The van der Waals surface area contributed by atoms with Gasteiger partial charge in [0.15, 0.2) is 9.98 Å². The second-order valence-electron chi connectivity index (χ2n) is 10.1. The van der Waals surface area contributed by atoms with E-state index in [0.29, 0.717) is 22.8 Å². The Morgan fingerprint density at radius 1 is 0.565 bits per heavy atom. The minimum atomic E-state index is -0.436. The summed E-state index contributed by atoms with van der Waals surface area (Å²) < 4.78 is 0. The molecule has 46 heavy (non-hydrogen) atoms. The van der Waals surface area contributed by atoms with Crippen molar-refractivity contribution in [1.82, 2.24) is 9.80 Å². The lowest BCUT2D eigenvalue weighted by molar-refractivity contribution is -0.121. The molecular formula is C36H26N4O2S4. The molecule has 0 atom stereocenters. The van der Waals surface area contributed by atoms with Crippen LogP contribution < -0.4 is 0 Å². The Labute approximate surface area is 286 Å². The molecule has 2 aliphatic heterocycles. The fourth-order valence-corrected chi connectivity index (χ4v) is 6.22. The summed E-state index contributed by atoms with van der Waals surface area (Å²) in [6.45, 7) is 0. The monoisotopic (exact) mass is 674 g/mol. The topological polar surface area (TPSA) is 65.3 Å². The van der Waals surface area contributed by atoms with Crippen LogP contribution in [0, 0.1) is 0 Å². The van der Waals surface area contributed by atoms with Crippen molar-refractivity contribution in [3.05, 3.63) is 143 Å². The Morgan fingerprint density at radius 3 is 1.24 bits per heavy atom. The van der Waals surface area contributed by atoms with Gasteiger partial charge in [-0.25, -0.2) is 19.8 Å². The molecule has 10 heteroatoms. The van der Waals surface area contributed by atoms with Crippen molar-refractivity contribution in [3.63, 3.8) is 0 Å². The molecule has 2 heterocycles. The number of carbonyl (C=O) groups excluding carboxylic acids is 2. The maximum atomic E-state index is 14.0. The van der Waals surface area contributed by atoms with Gasteiger partial charge in [-0.1, -0.05) is 109 Å². The fourth-order valence-electron chi connectivity index (χ4n) is 4.88. The first-order chi connectivity index (χ1) is 22.4. The van der Waals surface area contributed by atoms with E-state index in [-0.39, 0.29) is 21.4 Å². The average Bonchev–Trinajstić information content (AvgIpc) is 3.60. The normalized spacial score (nSPS) is 16.3. The van der Waals surface area contributed by atoms with Crippen molar-refractivity contribution in [2.75, 3.05) is 12.5 Å². The standard InChI is InChI=1S/C36H26N4O2S4/c1-45-27-17-13-23(14-18-27)21-29-33(41)39(31(37-29)25-9-5-3-6-10-25)35(43)36(44)40-32(26-11-7-4-8-12-26)38-30(34(40)42)22-24-15-19-28(46-2)20-16-24/h3-22H,1-2H3/b29-21-,30-22+. The van der Waals surface area contributed by atoms with E-state index in [4.69, 9.17) is 34.4 Å². The van der Waals surface area contributed by atoms with Crippen molar-refractivity contribution in [2.24, 2.45) is 9.98 Å². The van der Waals surface area contributed by atoms with Gasteiger partial charge in [-0.2, -0.15) is 0 Å². The predicted octanol–water partition coefficient (Wildman–Crippen LogP) is 7.75. The van der Waals surface area contributed by atoms with Crippen LogP contribution in [0.25, 0.3) is 12.2 Å². The summed E-state index contributed by atoms with van der Waals surface area (Å²) in [5, 5.41) is 0. The summed E-state index contributed by atoms with van der Waals surface area (Å²) in [7, 11) is 0. The van der Waals surface area contributed by atoms with Gasteiger partial charge in [-0.15, -0.1) is 23.5 Å². The number of carbonyl (C=O) groups is 2. The number of amidine groups is 2. The molecule has 0 aromatic heterocycles. The Bertz CT molecular complexity index is 1820. The lowest BCUT2D eigenvalue weighted by atomic mass is 10.1. The van der Waals surface area contributed by atoms with E-state index >= 15 is 0 Å². The molecule has 0 saturated carbocycles. The van der Waals surface area contributed by atoms with E-state index in [2.05, 4.69) is 0 Å². The Hall–Kier alpha value is -4.48. The van der Waals surface area contributed by atoms with Gasteiger partial charge in [0, 0.05) is 20.9 Å². The number of aliphatic imine (C=N–C) groups is 2. The number of thioether (sulfide) groups is 2. The molecule has 4 aromatic carbocycles. The average molecular weight is 675 g/mol. The maximum absolute atomic E-state index is 14.0. The van der Waals surface area contributed by atoms with Crippen LogP contribution in [0.15, 0.2) is 140 Å². The largest absolute Gasteiger partial charge is 0.283 e. The summed E-state index contributed by atoms with van der Waals surface area (Å²) in [5.74, 6) is -0.205. The number of hydrogen-bond donors (Lipinski definition) is 0. The van der Waals surface area contributed by atoms with Gasteiger partial charge in [-0.3, -0.25) is 9.59 Å². The van der Waals surface area contributed by atoms with Crippen LogP contribution in [0.2, 0.25) is 0 Å². The molecule has 0 unspecified atom stereocenters. The highest BCUT2D eigenvalue weighted by molar-refractivity contribution is 7.98. The minimum Gasteiger partial charge on any atom is -0.266 e. The molecule has 0 N–H and O–H groups in total. The molecule has 4 aromatic rings. The van der Waals surface area contributed by atoms with Crippen LogP contribution in [0.3, 0.4) is 0 Å². The molecule has 0 fully saturated rings. The molecule has 0 bridgehead atoms. The van der Waals surface area contributed by atoms with E-state index < -0.39 is 11.8 Å². The highest BCUT2D eigenvalue weighted by Gasteiger charge is 2.41. The zero-order valence-electron chi connectivity index (χ0n) is 24.8. The van der Waals surface area contributed by atoms with Crippen LogP contribution in [0.4, 0.5) is 0 Å². The summed E-state index contributed by atoms with van der Waals surface area (Å²) in [6.07, 6.45) is 7.46. The first-order valence-corrected chi connectivity index (χ1v) is 17.4. The Morgan fingerprint density at radius 2 is 0.913 bits per heavy atom. The third-order valence-corrected chi connectivity index (χ3v) is 9.58. The van der Waals surface area contributed by atoms with Crippen LogP contribution in [-0.4, -0.2) is 55.8 Å². The van der Waals surface area contributed by atoms with E-state index in [1.807, 2.05) is 122 Å². The third kappa shape index (κ3) is 6.43. The first kappa shape index (κ1) is 31.5. The first-order valence-electron chi connectivity index (χ1n) is 14.1. The molecule has 6 nitrogen and oxygen atoms in total. The van der Waals surface area contributed by atoms with E-state index in [1.54, 1.807) is 35.7 Å². The van der Waals surface area contributed by atoms with E-state index in [1.165, 1.54) is 9.80 Å². The molecule has 0 spiro atoms. The number of benzene rings is 4. The van der Waals surface area contributed by atoms with Gasteiger partial charge in [0.25, 0.3) is 11.8 Å². The molecule has 6 rings (SSSR count). The van der Waals surface area contributed by atoms with Gasteiger partial charge < -0.3 is 0 Å². The second-order valence-corrected chi connectivity index (χ2v) is 12.6. The summed E-state index contributed by atoms with van der Waals surface area (Å²) >= 11 is 15.1. The van der Waals surface area contributed by atoms with Gasteiger partial charge in [0.05, 0.1) is 0 Å². The molecule has 2 aliphatic rings. The molecule has 226 valence electrons. The number of thiocarbonyl (C=S) groups is 2. The highest BCUT2D eigenvalue weighted by atomic mass is 32.2. The van der Waals surface area contributed by atoms with E-state index in [9.17, 15) is 9.59 Å². The second kappa shape index (κ2) is 13.9. The Balaban J connectivity index is 1.38. The zero-order valence-corrected chi connectivity index (χ0v) is 28.1. The van der Waals surface area contributed by atoms with Gasteiger partial charge in [0.2, 0.25) is 0 Å². The smallest absolute Gasteiger partial charge is 0.266 e. The van der Waals surface area contributed by atoms with E-state index in [0.717, 1.165) is 20.9 Å². The van der Waals surface area contributed by atoms with Crippen molar-refractivity contribution in [3.8, 4) is 0 Å². The number of amides is 2. The fraction of sp³-hybridized carbons (Fsp3) is 0.0556. The molecular weight excluding hydrogens is 649 g/mol. The minimum absolute atomic E-state index is 0.0220. The van der Waals surface area contributed by atoms with Crippen LogP contribution in [0.5, 0.6) is 0 Å². The van der Waals surface area contributed by atoms with Crippen LogP contribution in [0.1, 0.15) is 22.3 Å². The number of hydrogen-bond acceptors (Lipinski definition) is 8. The highest BCUT2D eigenvalue weighted by Crippen LogP contribution is 2.28. The lowest BCUT2D eigenvalue weighted by Crippen LogP contribution is -2.49. The lowest BCUT2D eigenvalue weighted by Gasteiger charge is -2.25. The SMILES string of the molecule is CSc1ccc(/C=C2\N=C(c3ccccc3)N(C(=S)C(=S)N3C(=O)/C(=C\c4ccc(SC)cc4)N=C3c3ccccc3)C2=O)cc1. The van der Waals surface area contributed by atoms with Crippen LogP contribution in [-0.2, 0) is 9.59 Å². The molecule has 0 radical (unpaired) electrons. The number of rotatable bonds is 6. The summed E-state index contributed by atoms with van der Waals surface area (Å²) in [6, 6.07) is 34.3. The predicted molar refractivity (Wildman–Crippen MR) is 197 cm³/mol. The van der Waals surface area contributed by atoms with Crippen molar-refractivity contribution in [2.45, 2.75) is 9.79 Å². The third-order valence-electron chi connectivity index (χ3n) is 7.21. The van der Waals surface area contributed by atoms with Crippen molar-refractivity contribution in [1.29, 1.82) is 0 Å². The zero-order chi connectivity index (χ0) is 32.2. The van der Waals surface area contributed by atoms with Crippen molar-refractivity contribution >= 4 is 93.6 Å².